The van der Waals surface area contributed by atoms with Gasteiger partial charge >= 0.3 is 0 Å². The molecule has 1 rings (SSSR count). The van der Waals surface area contributed by atoms with Gasteiger partial charge in [-0.15, -0.1) is 0 Å². The highest BCUT2D eigenvalue weighted by molar-refractivity contribution is 5.83. The lowest BCUT2D eigenvalue weighted by atomic mass is 9.88. The molecule has 0 unspecified atom stereocenters. The molecule has 0 aliphatic rings. The molecule has 0 atom stereocenters. The van der Waals surface area contributed by atoms with Crippen LogP contribution in [0.25, 0.3) is 0 Å². The molecule has 84 valence electrons. The Morgan fingerprint density at radius 1 is 1.47 bits per heavy atom. The van der Waals surface area contributed by atoms with Crippen LogP contribution in [0.3, 0.4) is 0 Å². The summed E-state index contributed by atoms with van der Waals surface area (Å²) in [5, 5.41) is 4.09. The molecule has 0 fully saturated rings. The van der Waals surface area contributed by atoms with Gasteiger partial charge in [-0.3, -0.25) is 9.48 Å². The molecule has 0 aromatic carbocycles. The third-order valence-electron chi connectivity index (χ3n) is 2.60. The molecule has 0 bridgehead atoms. The Kier molecular flexibility index (Phi) is 3.66. The number of rotatable bonds is 4. The highest BCUT2D eigenvalue weighted by atomic mass is 16.1. The van der Waals surface area contributed by atoms with Crippen LogP contribution in [0.15, 0.2) is 12.3 Å². The molecule has 1 heterocycles. The van der Waals surface area contributed by atoms with Crippen LogP contribution in [-0.2, 0) is 18.3 Å². The molecule has 0 radical (unpaired) electrons. The number of hydrogen-bond donors (Lipinski definition) is 0. The van der Waals surface area contributed by atoms with Crippen LogP contribution in [0.1, 0.15) is 39.3 Å². The quantitative estimate of drug-likeness (QED) is 0.761. The van der Waals surface area contributed by atoms with Crippen molar-refractivity contribution < 1.29 is 4.79 Å². The molecule has 15 heavy (non-hydrogen) atoms. The van der Waals surface area contributed by atoms with Crippen LogP contribution in [0.5, 0.6) is 0 Å². The summed E-state index contributed by atoms with van der Waals surface area (Å²) in [4.78, 5) is 11.7. The van der Waals surface area contributed by atoms with Crippen molar-refractivity contribution in [2.24, 2.45) is 12.5 Å². The van der Waals surface area contributed by atoms with Gasteiger partial charge in [0.15, 0.2) is 0 Å². The Balaban J connectivity index is 2.35. The summed E-state index contributed by atoms with van der Waals surface area (Å²) in [6.45, 7) is 5.91. The van der Waals surface area contributed by atoms with E-state index in [4.69, 9.17) is 0 Å². The molecule has 0 saturated heterocycles. The van der Waals surface area contributed by atoms with Crippen LogP contribution in [0.2, 0.25) is 0 Å². The van der Waals surface area contributed by atoms with Crippen LogP contribution in [0, 0.1) is 5.41 Å². The first-order valence-corrected chi connectivity index (χ1v) is 5.41. The average Bonchev–Trinajstić information content (AvgIpc) is 2.50. The number of hydrogen-bond acceptors (Lipinski definition) is 2. The van der Waals surface area contributed by atoms with Gasteiger partial charge in [0, 0.05) is 30.8 Å². The van der Waals surface area contributed by atoms with Crippen molar-refractivity contribution in [3.63, 3.8) is 0 Å². The fourth-order valence-corrected chi connectivity index (χ4v) is 1.45. The Bertz CT molecular complexity index is 334. The largest absolute Gasteiger partial charge is 0.299 e. The summed E-state index contributed by atoms with van der Waals surface area (Å²) < 4.78 is 1.86. The summed E-state index contributed by atoms with van der Waals surface area (Å²) in [6.07, 6.45) is 4.30. The van der Waals surface area contributed by atoms with Crippen LogP contribution in [-0.4, -0.2) is 15.6 Å². The second kappa shape index (κ2) is 4.60. The number of nitrogens with zero attached hydrogens (tertiary/aromatic N) is 2. The lowest BCUT2D eigenvalue weighted by Crippen LogP contribution is -2.19. The number of aryl methyl sites for hydroxylation is 2. The van der Waals surface area contributed by atoms with E-state index < -0.39 is 0 Å². The van der Waals surface area contributed by atoms with E-state index in [0.717, 1.165) is 12.8 Å². The molecular weight excluding hydrogens is 188 g/mol. The van der Waals surface area contributed by atoms with Gasteiger partial charge in [-0.2, -0.15) is 5.10 Å². The third-order valence-corrected chi connectivity index (χ3v) is 2.60. The summed E-state index contributed by atoms with van der Waals surface area (Å²) in [5.41, 5.74) is 0.989. The predicted octanol–water partition coefficient (Wildman–Crippen LogP) is 2.36. The maximum absolute atomic E-state index is 11.7. The van der Waals surface area contributed by atoms with E-state index in [0.29, 0.717) is 12.2 Å². The molecule has 0 spiro atoms. The molecule has 0 N–H and O–H groups in total. The molecule has 0 saturated carbocycles. The van der Waals surface area contributed by atoms with Gasteiger partial charge in [-0.05, 0) is 18.9 Å². The zero-order chi connectivity index (χ0) is 11.5. The third kappa shape index (κ3) is 3.50. The first-order chi connectivity index (χ1) is 6.91. The number of Topliss-reactive ketones (excluding diaryl/α,β-unsaturated/α-hetero) is 1. The Morgan fingerprint density at radius 3 is 2.60 bits per heavy atom. The van der Waals surface area contributed by atoms with Gasteiger partial charge in [-0.1, -0.05) is 20.8 Å². The normalized spacial score (nSPS) is 11.7. The van der Waals surface area contributed by atoms with Crippen molar-refractivity contribution in [2.75, 3.05) is 0 Å². The van der Waals surface area contributed by atoms with Crippen molar-refractivity contribution in [1.29, 1.82) is 0 Å². The van der Waals surface area contributed by atoms with Gasteiger partial charge < -0.3 is 0 Å². The van der Waals surface area contributed by atoms with Crippen molar-refractivity contribution >= 4 is 5.78 Å². The van der Waals surface area contributed by atoms with Gasteiger partial charge in [0.2, 0.25) is 0 Å². The summed E-state index contributed by atoms with van der Waals surface area (Å²) in [6, 6.07) is 2.00. The minimum Gasteiger partial charge on any atom is -0.299 e. The predicted molar refractivity (Wildman–Crippen MR) is 60.6 cm³/mol. The van der Waals surface area contributed by atoms with Crippen LogP contribution < -0.4 is 0 Å². The monoisotopic (exact) mass is 208 g/mol. The molecule has 0 amide bonds. The molecule has 0 aliphatic carbocycles. The maximum Gasteiger partial charge on any atom is 0.138 e. The van der Waals surface area contributed by atoms with E-state index in [2.05, 4.69) is 5.10 Å². The zero-order valence-electron chi connectivity index (χ0n) is 10.1. The first-order valence-electron chi connectivity index (χ1n) is 5.41. The average molecular weight is 208 g/mol. The van der Waals surface area contributed by atoms with Gasteiger partial charge in [0.1, 0.15) is 5.78 Å². The van der Waals surface area contributed by atoms with Crippen molar-refractivity contribution in [3.05, 3.63) is 18.0 Å². The highest BCUT2D eigenvalue weighted by Crippen LogP contribution is 2.18. The van der Waals surface area contributed by atoms with E-state index in [1.165, 1.54) is 5.69 Å². The maximum atomic E-state index is 11.7. The number of aromatic nitrogens is 2. The fourth-order valence-electron chi connectivity index (χ4n) is 1.45. The SMILES string of the molecule is Cn1nccc1CCCC(=O)C(C)(C)C. The standard InChI is InChI=1S/C12H20N2O/c1-12(2,3)11(15)7-5-6-10-8-9-13-14(10)4/h8-9H,5-7H2,1-4H3. The Hall–Kier alpha value is -1.12. The Labute approximate surface area is 91.5 Å². The first kappa shape index (κ1) is 12.0. The van der Waals surface area contributed by atoms with Crippen molar-refractivity contribution in [2.45, 2.75) is 40.0 Å². The van der Waals surface area contributed by atoms with Gasteiger partial charge in [0.05, 0.1) is 0 Å². The zero-order valence-corrected chi connectivity index (χ0v) is 10.1. The minimum absolute atomic E-state index is 0.202. The van der Waals surface area contributed by atoms with Crippen molar-refractivity contribution in [1.82, 2.24) is 9.78 Å². The fraction of sp³-hybridized carbons (Fsp3) is 0.667. The number of ketones is 1. The second-order valence-electron chi connectivity index (χ2n) is 4.97. The lowest BCUT2D eigenvalue weighted by molar-refractivity contribution is -0.126. The smallest absolute Gasteiger partial charge is 0.138 e. The van der Waals surface area contributed by atoms with Crippen LogP contribution >= 0.6 is 0 Å². The minimum atomic E-state index is -0.202. The van der Waals surface area contributed by atoms with E-state index in [1.807, 2.05) is 38.6 Å². The topological polar surface area (TPSA) is 34.9 Å². The second-order valence-corrected chi connectivity index (χ2v) is 4.97. The number of carbonyl (C=O) groups is 1. The molecule has 0 aliphatic heterocycles. The molecule has 1 aromatic heterocycles. The summed E-state index contributed by atoms with van der Waals surface area (Å²) >= 11 is 0. The molecular formula is C12H20N2O. The Morgan fingerprint density at radius 2 is 2.13 bits per heavy atom. The highest BCUT2D eigenvalue weighted by Gasteiger charge is 2.20. The van der Waals surface area contributed by atoms with Gasteiger partial charge in [0.25, 0.3) is 0 Å². The summed E-state index contributed by atoms with van der Waals surface area (Å²) in [7, 11) is 1.93. The molecule has 1 aromatic rings. The number of carbonyl (C=O) groups excluding carboxylic acids is 1. The van der Waals surface area contributed by atoms with Gasteiger partial charge in [-0.25, -0.2) is 0 Å². The van der Waals surface area contributed by atoms with Crippen molar-refractivity contribution in [3.8, 4) is 0 Å². The van der Waals surface area contributed by atoms with E-state index in [9.17, 15) is 4.79 Å². The van der Waals surface area contributed by atoms with E-state index >= 15 is 0 Å². The molecule has 3 nitrogen and oxygen atoms in total. The summed E-state index contributed by atoms with van der Waals surface area (Å²) in [5.74, 6) is 0.338. The molecule has 3 heteroatoms. The lowest BCUT2D eigenvalue weighted by Gasteiger charge is -2.16. The van der Waals surface area contributed by atoms with E-state index in [1.54, 1.807) is 6.20 Å². The van der Waals surface area contributed by atoms with E-state index in [-0.39, 0.29) is 5.41 Å². The van der Waals surface area contributed by atoms with Crippen LogP contribution in [0.4, 0.5) is 0 Å².